The van der Waals surface area contributed by atoms with Crippen LogP contribution in [0.5, 0.6) is 5.75 Å². The average Bonchev–Trinajstić information content (AvgIpc) is 3.04. The first-order valence-corrected chi connectivity index (χ1v) is 19.9. The van der Waals surface area contributed by atoms with Crippen molar-refractivity contribution in [2.24, 2.45) is 0 Å². The van der Waals surface area contributed by atoms with Crippen molar-refractivity contribution in [2.75, 3.05) is 5.32 Å². The third-order valence-corrected chi connectivity index (χ3v) is 10.4. The molecule has 1 heterocycles. The maximum absolute atomic E-state index is 12.9. The molecule has 0 fully saturated rings. The van der Waals surface area contributed by atoms with Crippen molar-refractivity contribution in [3.63, 3.8) is 0 Å². The number of ether oxygens (including phenoxy) is 1. The molecule has 0 bridgehead atoms. The number of amides is 1. The predicted octanol–water partition coefficient (Wildman–Crippen LogP) is 5.58. The van der Waals surface area contributed by atoms with E-state index in [1.165, 1.54) is 27.8 Å². The van der Waals surface area contributed by atoms with Crippen LogP contribution in [0.1, 0.15) is 30.2 Å². The molecule has 0 atom stereocenters. The van der Waals surface area contributed by atoms with Crippen molar-refractivity contribution in [1.82, 2.24) is 9.55 Å². The summed E-state index contributed by atoms with van der Waals surface area (Å²) in [5.74, 6) is -0.387. The number of carbonyl (C=O) groups is 1. The van der Waals surface area contributed by atoms with E-state index in [1.807, 2.05) is 12.4 Å². The van der Waals surface area contributed by atoms with Gasteiger partial charge >= 0.3 is 184 Å². The molecular weight excluding hydrogens is 518 g/mol. The molecule has 1 amide bonds. The van der Waals surface area contributed by atoms with E-state index >= 15 is 0 Å². The SMILES string of the molecule is CC(C)n1cnc2cc(C(=O)Nc3ccc(OC(F)(F)Cl)cc3)c[c]([Sn]([CH3])([CH3])[CH3])c21. The molecule has 9 heteroatoms. The van der Waals surface area contributed by atoms with Gasteiger partial charge < -0.3 is 0 Å². The van der Waals surface area contributed by atoms with Crippen molar-refractivity contribution >= 4 is 56.2 Å². The molecule has 0 saturated carbocycles. The fourth-order valence-electron chi connectivity index (χ4n) is 3.21. The summed E-state index contributed by atoms with van der Waals surface area (Å²) in [5.41, 5.74) is -0.904. The van der Waals surface area contributed by atoms with Gasteiger partial charge in [0, 0.05) is 0 Å². The molecule has 1 N–H and O–H groups in total. The molecule has 0 aliphatic rings. The minimum absolute atomic E-state index is 0.0993. The summed E-state index contributed by atoms with van der Waals surface area (Å²) in [5, 5.41) is 2.79. The van der Waals surface area contributed by atoms with Gasteiger partial charge in [0.25, 0.3) is 0 Å². The van der Waals surface area contributed by atoms with E-state index in [0.29, 0.717) is 11.3 Å². The molecule has 0 aliphatic carbocycles. The standard InChI is InChI=1S/C18H15ClF2N3O2.3CH3.Sn/c1-11(2)24-10-22-15-9-12(3-8-16(15)24)17(25)23-13-4-6-14(7-5-13)26-18(19,20)21;;;;/h3-7,9-11H,1-2H3,(H,23,25);3*1H3;. The normalized spacial score (nSPS) is 12.4. The molecule has 0 radical (unpaired) electrons. The summed E-state index contributed by atoms with van der Waals surface area (Å²) in [6.45, 7) is 4.22. The van der Waals surface area contributed by atoms with Crippen LogP contribution in [-0.2, 0) is 0 Å². The van der Waals surface area contributed by atoms with E-state index in [0.717, 1.165) is 11.0 Å². The number of hydrogen-bond donors (Lipinski definition) is 1. The number of hydrogen-bond acceptors (Lipinski definition) is 3. The van der Waals surface area contributed by atoms with Crippen LogP contribution in [0.3, 0.4) is 0 Å². The van der Waals surface area contributed by atoms with Crippen LogP contribution in [0.2, 0.25) is 14.8 Å². The van der Waals surface area contributed by atoms with E-state index in [-0.39, 0.29) is 17.7 Å². The Balaban J connectivity index is 1.92. The number of aromatic nitrogens is 2. The molecule has 0 unspecified atom stereocenters. The number of alkyl halides is 3. The monoisotopic (exact) mass is 543 g/mol. The zero-order chi connectivity index (χ0) is 22.3. The number of rotatable bonds is 6. The molecule has 160 valence electrons. The summed E-state index contributed by atoms with van der Waals surface area (Å²) in [6, 6.07) is 9.61. The van der Waals surface area contributed by atoms with Crippen LogP contribution < -0.4 is 13.6 Å². The van der Waals surface area contributed by atoms with E-state index in [4.69, 9.17) is 11.6 Å². The Kier molecular flexibility index (Phi) is 6.34. The zero-order valence-electron chi connectivity index (χ0n) is 17.5. The first-order valence-electron chi connectivity index (χ1n) is 9.53. The van der Waals surface area contributed by atoms with E-state index in [1.54, 1.807) is 6.07 Å². The van der Waals surface area contributed by atoms with E-state index in [2.05, 4.69) is 48.3 Å². The van der Waals surface area contributed by atoms with Gasteiger partial charge in [-0.15, -0.1) is 0 Å². The summed E-state index contributed by atoms with van der Waals surface area (Å²) in [6.07, 6.45) is 1.82. The molecule has 2 aromatic carbocycles. The number of fused-ring (bicyclic) bond motifs is 1. The Morgan fingerprint density at radius 3 is 2.37 bits per heavy atom. The second-order valence-corrected chi connectivity index (χ2v) is 23.2. The topological polar surface area (TPSA) is 56.2 Å². The van der Waals surface area contributed by atoms with E-state index in [9.17, 15) is 13.6 Å². The third kappa shape index (κ3) is 5.24. The Morgan fingerprint density at radius 2 is 1.83 bits per heavy atom. The van der Waals surface area contributed by atoms with Gasteiger partial charge in [-0.3, -0.25) is 0 Å². The number of halogens is 3. The van der Waals surface area contributed by atoms with Gasteiger partial charge in [0.15, 0.2) is 0 Å². The van der Waals surface area contributed by atoms with Crippen molar-refractivity contribution in [1.29, 1.82) is 0 Å². The van der Waals surface area contributed by atoms with Gasteiger partial charge in [-0.2, -0.15) is 0 Å². The van der Waals surface area contributed by atoms with E-state index < -0.39 is 23.9 Å². The average molecular weight is 543 g/mol. The molecule has 0 saturated heterocycles. The first-order chi connectivity index (χ1) is 13.8. The quantitative estimate of drug-likeness (QED) is 0.327. The molecule has 1 aromatic heterocycles. The summed E-state index contributed by atoms with van der Waals surface area (Å²) in [7, 11) is 0. The number of nitrogens with one attached hydrogen (secondary N) is 1. The number of anilines is 1. The Bertz CT molecular complexity index is 1070. The Hall–Kier alpha value is -1.87. The number of nitrogens with zero attached hydrogens (tertiary/aromatic N) is 2. The molecule has 3 rings (SSSR count). The van der Waals surface area contributed by atoms with Crippen LogP contribution in [0.25, 0.3) is 11.0 Å². The second kappa shape index (κ2) is 8.34. The van der Waals surface area contributed by atoms with Crippen LogP contribution >= 0.6 is 11.6 Å². The maximum atomic E-state index is 12.9. The molecule has 0 spiro atoms. The fraction of sp³-hybridized carbons (Fsp3) is 0.333. The van der Waals surface area contributed by atoms with Crippen molar-refractivity contribution in [2.45, 2.75) is 40.3 Å². The summed E-state index contributed by atoms with van der Waals surface area (Å²) in [4.78, 5) is 24.3. The van der Waals surface area contributed by atoms with Crippen molar-refractivity contribution in [3.05, 3.63) is 48.3 Å². The molecular formula is C21H24ClF2N3O2Sn. The van der Waals surface area contributed by atoms with Crippen LogP contribution in [-0.4, -0.2) is 39.4 Å². The van der Waals surface area contributed by atoms with Gasteiger partial charge in [0.1, 0.15) is 0 Å². The predicted molar refractivity (Wildman–Crippen MR) is 119 cm³/mol. The van der Waals surface area contributed by atoms with Gasteiger partial charge in [-0.1, -0.05) is 0 Å². The number of carbonyl (C=O) groups excluding carboxylic acids is 1. The van der Waals surface area contributed by atoms with Crippen molar-refractivity contribution in [3.8, 4) is 5.75 Å². The van der Waals surface area contributed by atoms with Crippen molar-refractivity contribution < 1.29 is 18.3 Å². The molecule has 30 heavy (non-hydrogen) atoms. The van der Waals surface area contributed by atoms with Crippen LogP contribution in [0, 0.1) is 0 Å². The molecule has 3 aromatic rings. The van der Waals surface area contributed by atoms with Crippen LogP contribution in [0.15, 0.2) is 42.7 Å². The van der Waals surface area contributed by atoms with Crippen LogP contribution in [0.4, 0.5) is 14.5 Å². The molecule has 0 aliphatic heterocycles. The second-order valence-electron chi connectivity index (χ2n) is 8.41. The van der Waals surface area contributed by atoms with Gasteiger partial charge in [0.2, 0.25) is 0 Å². The van der Waals surface area contributed by atoms with Gasteiger partial charge in [0.05, 0.1) is 0 Å². The third-order valence-electron chi connectivity index (χ3n) is 4.64. The van der Waals surface area contributed by atoms with Gasteiger partial charge in [-0.25, -0.2) is 0 Å². The Labute approximate surface area is 183 Å². The molecule has 5 nitrogen and oxygen atoms in total. The summed E-state index contributed by atoms with van der Waals surface area (Å²) < 4.78 is 33.1. The van der Waals surface area contributed by atoms with Gasteiger partial charge in [-0.05, 0) is 0 Å². The minimum atomic E-state index is -3.78. The number of benzene rings is 2. The zero-order valence-corrected chi connectivity index (χ0v) is 21.1. The number of imidazole rings is 1. The fourth-order valence-corrected chi connectivity index (χ4v) is 7.74. The first kappa shape index (κ1) is 22.8. The summed E-state index contributed by atoms with van der Waals surface area (Å²) >= 11 is 2.18. The Morgan fingerprint density at radius 1 is 1.20 bits per heavy atom.